The normalized spacial score (nSPS) is 19.3. The molecule has 2 fully saturated rings. The zero-order chi connectivity index (χ0) is 23.8. The van der Waals surface area contributed by atoms with Gasteiger partial charge in [-0.05, 0) is 56.7 Å². The van der Waals surface area contributed by atoms with Crippen molar-refractivity contribution in [3.63, 3.8) is 0 Å². The van der Waals surface area contributed by atoms with Crippen molar-refractivity contribution in [2.75, 3.05) is 25.1 Å². The average molecular weight is 474 g/mol. The average Bonchev–Trinajstić information content (AvgIpc) is 3.46. The molecule has 2 unspecified atom stereocenters. The fraction of sp³-hybridized carbons (Fsp3) is 0.480. The molecule has 0 bridgehead atoms. The van der Waals surface area contributed by atoms with Crippen LogP contribution in [0.15, 0.2) is 36.7 Å². The van der Waals surface area contributed by atoms with Crippen LogP contribution in [0.4, 0.5) is 5.82 Å². The van der Waals surface area contributed by atoms with E-state index in [9.17, 15) is 0 Å². The maximum atomic E-state index is 5.43. The van der Waals surface area contributed by atoms with Crippen LogP contribution in [0.5, 0.6) is 5.75 Å². The summed E-state index contributed by atoms with van der Waals surface area (Å²) in [6.07, 6.45) is 8.86. The predicted molar refractivity (Wildman–Crippen MR) is 133 cm³/mol. The van der Waals surface area contributed by atoms with Gasteiger partial charge in [-0.25, -0.2) is 4.68 Å². The number of ether oxygens (including phenoxy) is 1. The summed E-state index contributed by atoms with van der Waals surface area (Å²) in [5.41, 5.74) is 3.42. The Labute approximate surface area is 204 Å². The Kier molecular flexibility index (Phi) is 5.81. The minimum absolute atomic E-state index is 0.502. The molecule has 2 aliphatic rings. The molecule has 0 spiro atoms. The SMILES string of the molecule is COc1cc(-c2cn(Cc3ccc(N4CCCC(NC(C)C5CC5)C4)nn3)nn2)c2cn[nH]c2c1. The van der Waals surface area contributed by atoms with Crippen LogP contribution in [-0.2, 0) is 6.54 Å². The van der Waals surface area contributed by atoms with E-state index in [2.05, 4.69) is 53.9 Å². The first-order chi connectivity index (χ1) is 17.2. The fourth-order valence-corrected chi connectivity index (χ4v) is 5.05. The number of aromatic nitrogens is 7. The quantitative estimate of drug-likeness (QED) is 0.402. The Bertz CT molecular complexity index is 1290. The molecular formula is C25H31N9O. The van der Waals surface area contributed by atoms with Gasteiger partial charge in [0.1, 0.15) is 11.4 Å². The third kappa shape index (κ3) is 4.70. The molecule has 35 heavy (non-hydrogen) atoms. The van der Waals surface area contributed by atoms with Crippen molar-refractivity contribution < 1.29 is 4.74 Å². The summed E-state index contributed by atoms with van der Waals surface area (Å²) in [6.45, 7) is 4.84. The van der Waals surface area contributed by atoms with Gasteiger partial charge in [0.2, 0.25) is 0 Å². The van der Waals surface area contributed by atoms with Crippen LogP contribution >= 0.6 is 0 Å². The van der Waals surface area contributed by atoms with Crippen molar-refractivity contribution in [2.24, 2.45) is 5.92 Å². The highest BCUT2D eigenvalue weighted by molar-refractivity contribution is 5.94. The zero-order valence-corrected chi connectivity index (χ0v) is 20.2. The van der Waals surface area contributed by atoms with Crippen LogP contribution in [0.1, 0.15) is 38.3 Å². The second-order valence-corrected chi connectivity index (χ2v) is 9.77. The topological polar surface area (TPSA) is 110 Å². The first-order valence-corrected chi connectivity index (χ1v) is 12.4. The van der Waals surface area contributed by atoms with E-state index in [0.717, 1.165) is 58.4 Å². The number of aromatic amines is 1. The predicted octanol–water partition coefficient (Wildman–Crippen LogP) is 3.03. The maximum Gasteiger partial charge on any atom is 0.151 e. The highest BCUT2D eigenvalue weighted by Gasteiger charge is 2.30. The van der Waals surface area contributed by atoms with E-state index in [4.69, 9.17) is 4.74 Å². The molecule has 10 nitrogen and oxygen atoms in total. The van der Waals surface area contributed by atoms with Crippen molar-refractivity contribution in [1.29, 1.82) is 0 Å². The molecule has 2 N–H and O–H groups in total. The number of nitrogens with one attached hydrogen (secondary N) is 2. The highest BCUT2D eigenvalue weighted by atomic mass is 16.5. The smallest absolute Gasteiger partial charge is 0.151 e. The van der Waals surface area contributed by atoms with E-state index in [-0.39, 0.29) is 0 Å². The van der Waals surface area contributed by atoms with Crippen molar-refractivity contribution in [3.05, 3.63) is 42.4 Å². The summed E-state index contributed by atoms with van der Waals surface area (Å²) in [5, 5.41) is 29.7. The number of hydrogen-bond donors (Lipinski definition) is 2. The molecule has 1 saturated heterocycles. The first kappa shape index (κ1) is 22.0. The van der Waals surface area contributed by atoms with Gasteiger partial charge in [-0.1, -0.05) is 5.21 Å². The number of methoxy groups -OCH3 is 1. The molecule has 182 valence electrons. The van der Waals surface area contributed by atoms with Crippen LogP contribution in [0.25, 0.3) is 22.2 Å². The summed E-state index contributed by atoms with van der Waals surface area (Å²) in [5.74, 6) is 2.55. The summed E-state index contributed by atoms with van der Waals surface area (Å²) in [6, 6.07) is 9.11. The molecule has 4 heterocycles. The maximum absolute atomic E-state index is 5.43. The molecule has 2 atom stereocenters. The molecule has 3 aromatic heterocycles. The van der Waals surface area contributed by atoms with Crippen LogP contribution in [0.3, 0.4) is 0 Å². The first-order valence-electron chi connectivity index (χ1n) is 12.4. The van der Waals surface area contributed by atoms with Crippen molar-refractivity contribution in [2.45, 2.75) is 51.2 Å². The van der Waals surface area contributed by atoms with Gasteiger partial charge in [-0.2, -0.15) is 10.2 Å². The number of hydrogen-bond acceptors (Lipinski definition) is 8. The number of H-pyrrole nitrogens is 1. The Morgan fingerprint density at radius 3 is 2.89 bits per heavy atom. The fourth-order valence-electron chi connectivity index (χ4n) is 5.05. The molecule has 0 radical (unpaired) electrons. The second-order valence-electron chi connectivity index (χ2n) is 9.77. The lowest BCUT2D eigenvalue weighted by Crippen LogP contribution is -2.49. The number of fused-ring (bicyclic) bond motifs is 1. The number of nitrogens with zero attached hydrogens (tertiary/aromatic N) is 7. The molecule has 4 aromatic rings. The van der Waals surface area contributed by atoms with Gasteiger partial charge in [0, 0.05) is 42.2 Å². The third-order valence-electron chi connectivity index (χ3n) is 7.19. The van der Waals surface area contributed by atoms with Gasteiger partial charge in [-0.3, -0.25) is 5.10 Å². The highest BCUT2D eigenvalue weighted by Crippen LogP contribution is 2.33. The van der Waals surface area contributed by atoms with E-state index in [1.54, 1.807) is 18.0 Å². The van der Waals surface area contributed by atoms with Crippen LogP contribution < -0.4 is 15.0 Å². The zero-order valence-electron chi connectivity index (χ0n) is 20.2. The largest absolute Gasteiger partial charge is 0.497 e. The Morgan fingerprint density at radius 1 is 1.17 bits per heavy atom. The van der Waals surface area contributed by atoms with Gasteiger partial charge in [0.05, 0.1) is 37.3 Å². The number of benzene rings is 1. The van der Waals surface area contributed by atoms with Crippen LogP contribution in [0.2, 0.25) is 0 Å². The van der Waals surface area contributed by atoms with Crippen LogP contribution in [0, 0.1) is 5.92 Å². The minimum atomic E-state index is 0.502. The van der Waals surface area contributed by atoms with Gasteiger partial charge in [0.25, 0.3) is 0 Å². The second kappa shape index (κ2) is 9.26. The van der Waals surface area contributed by atoms with Gasteiger partial charge in [-0.15, -0.1) is 10.2 Å². The summed E-state index contributed by atoms with van der Waals surface area (Å²) >= 11 is 0. The molecule has 1 saturated carbocycles. The molecule has 1 aromatic carbocycles. The molecule has 1 aliphatic heterocycles. The number of piperidine rings is 1. The van der Waals surface area contributed by atoms with E-state index in [0.29, 0.717) is 18.6 Å². The molecular weight excluding hydrogens is 442 g/mol. The van der Waals surface area contributed by atoms with Crippen LogP contribution in [-0.4, -0.2) is 67.7 Å². The summed E-state index contributed by atoms with van der Waals surface area (Å²) < 4.78 is 7.21. The molecule has 6 rings (SSSR count). The number of anilines is 1. The molecule has 1 aliphatic carbocycles. The lowest BCUT2D eigenvalue weighted by atomic mass is 10.0. The van der Waals surface area contributed by atoms with E-state index >= 15 is 0 Å². The lowest BCUT2D eigenvalue weighted by molar-refractivity contribution is 0.364. The van der Waals surface area contributed by atoms with Crippen molar-refractivity contribution >= 4 is 16.7 Å². The molecule has 10 heteroatoms. The Hall–Kier alpha value is -3.53. The summed E-state index contributed by atoms with van der Waals surface area (Å²) in [7, 11) is 1.65. The van der Waals surface area contributed by atoms with E-state index < -0.39 is 0 Å². The Balaban J connectivity index is 1.13. The molecule has 0 amide bonds. The number of rotatable bonds is 8. The third-order valence-corrected chi connectivity index (χ3v) is 7.19. The minimum Gasteiger partial charge on any atom is -0.497 e. The lowest BCUT2D eigenvalue weighted by Gasteiger charge is -2.35. The van der Waals surface area contributed by atoms with E-state index in [1.165, 1.54) is 25.7 Å². The monoisotopic (exact) mass is 473 g/mol. The van der Waals surface area contributed by atoms with Gasteiger partial charge in [0.15, 0.2) is 5.82 Å². The van der Waals surface area contributed by atoms with E-state index in [1.807, 2.05) is 24.4 Å². The summed E-state index contributed by atoms with van der Waals surface area (Å²) in [4.78, 5) is 2.35. The Morgan fingerprint density at radius 2 is 2.09 bits per heavy atom. The standard InChI is InChI=1S/C25H31N9O/c1-16(17-5-6-17)27-18-4-3-9-33(13-18)25-8-7-19(28-31-25)14-34-15-24(30-32-34)21-10-20(35-2)11-23-22(21)12-26-29-23/h7-8,10-12,15-18,27H,3-6,9,13-14H2,1-2H3,(H,26,29). The van der Waals surface area contributed by atoms with Gasteiger partial charge < -0.3 is 15.0 Å². The van der Waals surface area contributed by atoms with Crippen molar-refractivity contribution in [3.8, 4) is 17.0 Å². The van der Waals surface area contributed by atoms with Crippen molar-refractivity contribution in [1.82, 2.24) is 40.7 Å². The van der Waals surface area contributed by atoms with Gasteiger partial charge >= 0.3 is 0 Å².